The van der Waals surface area contributed by atoms with E-state index in [-0.39, 0.29) is 16.9 Å². The minimum Gasteiger partial charge on any atom is -0.507 e. The van der Waals surface area contributed by atoms with Crippen molar-refractivity contribution in [3.05, 3.63) is 65.2 Å². The van der Waals surface area contributed by atoms with Crippen LogP contribution in [0.2, 0.25) is 0 Å². The number of nitrogens with zero attached hydrogens (tertiary/aromatic N) is 1. The molecule has 0 unspecified atom stereocenters. The van der Waals surface area contributed by atoms with Gasteiger partial charge in [-0.25, -0.2) is 10.2 Å². The molecule has 0 saturated carbocycles. The lowest BCUT2D eigenvalue weighted by Crippen LogP contribution is -2.17. The molecule has 2 rings (SSSR count). The second-order valence-corrected chi connectivity index (χ2v) is 4.14. The molecule has 0 spiro atoms. The van der Waals surface area contributed by atoms with Gasteiger partial charge in [-0.2, -0.15) is 5.10 Å². The molecule has 0 aromatic heterocycles. The van der Waals surface area contributed by atoms with E-state index in [1.807, 2.05) is 0 Å². The number of hydrazone groups is 1. The number of hydrogen-bond donors (Lipinski definition) is 3. The second kappa shape index (κ2) is 6.33. The van der Waals surface area contributed by atoms with Crippen LogP contribution in [0.4, 0.5) is 0 Å². The maximum atomic E-state index is 11.7. The van der Waals surface area contributed by atoms with E-state index in [1.165, 1.54) is 24.4 Å². The van der Waals surface area contributed by atoms with Gasteiger partial charge in [-0.05, 0) is 30.3 Å². The van der Waals surface area contributed by atoms with Crippen molar-refractivity contribution in [2.75, 3.05) is 0 Å². The topological polar surface area (TPSA) is 99.0 Å². The van der Waals surface area contributed by atoms with E-state index < -0.39 is 11.9 Å². The molecule has 0 fully saturated rings. The standard InChI is InChI=1S/C15H12N2O4/c18-13-7-6-11(15(20)21)8-12(13)9-16-17-14(19)10-4-2-1-3-5-10/h1-9,18H,(H,17,19)(H,20,21)/b16-9+. The van der Waals surface area contributed by atoms with Crippen molar-refractivity contribution < 1.29 is 19.8 Å². The highest BCUT2D eigenvalue weighted by Gasteiger charge is 2.07. The van der Waals surface area contributed by atoms with E-state index in [0.717, 1.165) is 0 Å². The third-order valence-electron chi connectivity index (χ3n) is 2.68. The Hall–Kier alpha value is -3.15. The molecular formula is C15H12N2O4. The summed E-state index contributed by atoms with van der Waals surface area (Å²) in [6, 6.07) is 12.3. The summed E-state index contributed by atoms with van der Waals surface area (Å²) in [4.78, 5) is 22.5. The molecule has 1 amide bonds. The number of carbonyl (C=O) groups is 2. The first kappa shape index (κ1) is 14.3. The van der Waals surface area contributed by atoms with Crippen molar-refractivity contribution in [2.24, 2.45) is 5.10 Å². The van der Waals surface area contributed by atoms with Crippen LogP contribution in [-0.2, 0) is 0 Å². The number of hydrogen-bond acceptors (Lipinski definition) is 4. The lowest BCUT2D eigenvalue weighted by molar-refractivity contribution is 0.0696. The zero-order chi connectivity index (χ0) is 15.2. The van der Waals surface area contributed by atoms with Crippen molar-refractivity contribution in [2.45, 2.75) is 0 Å². The number of nitrogens with one attached hydrogen (secondary N) is 1. The van der Waals surface area contributed by atoms with Crippen LogP contribution in [0.25, 0.3) is 0 Å². The fourth-order valence-corrected chi connectivity index (χ4v) is 1.61. The van der Waals surface area contributed by atoms with Gasteiger partial charge in [-0.3, -0.25) is 4.79 Å². The van der Waals surface area contributed by atoms with Crippen LogP contribution in [0, 0.1) is 0 Å². The monoisotopic (exact) mass is 284 g/mol. The number of aromatic carboxylic acids is 1. The van der Waals surface area contributed by atoms with E-state index in [4.69, 9.17) is 5.11 Å². The summed E-state index contributed by atoms with van der Waals surface area (Å²) in [5.41, 5.74) is 2.95. The molecule has 0 radical (unpaired) electrons. The molecule has 0 aliphatic carbocycles. The maximum absolute atomic E-state index is 11.7. The zero-order valence-corrected chi connectivity index (χ0v) is 10.9. The van der Waals surface area contributed by atoms with Gasteiger partial charge in [-0.1, -0.05) is 18.2 Å². The molecule has 6 nitrogen and oxygen atoms in total. The van der Waals surface area contributed by atoms with Crippen molar-refractivity contribution in [3.63, 3.8) is 0 Å². The Labute approximate surface area is 120 Å². The Morgan fingerprint density at radius 2 is 1.76 bits per heavy atom. The second-order valence-electron chi connectivity index (χ2n) is 4.14. The number of carboxylic acids is 1. The Kier molecular flexibility index (Phi) is 4.30. The van der Waals surface area contributed by atoms with E-state index >= 15 is 0 Å². The van der Waals surface area contributed by atoms with Crippen molar-refractivity contribution in [1.82, 2.24) is 5.43 Å². The Morgan fingerprint density at radius 1 is 1.05 bits per heavy atom. The number of phenolic OH excluding ortho intramolecular Hbond substituents is 1. The summed E-state index contributed by atoms with van der Waals surface area (Å²) in [6.07, 6.45) is 1.18. The number of aromatic hydroxyl groups is 1. The van der Waals surface area contributed by atoms with Crippen LogP contribution in [0.1, 0.15) is 26.3 Å². The normalized spacial score (nSPS) is 10.5. The minimum absolute atomic E-state index is 0.0173. The summed E-state index contributed by atoms with van der Waals surface area (Å²) >= 11 is 0. The highest BCUT2D eigenvalue weighted by Crippen LogP contribution is 2.16. The highest BCUT2D eigenvalue weighted by molar-refractivity contribution is 5.96. The van der Waals surface area contributed by atoms with E-state index in [0.29, 0.717) is 5.56 Å². The highest BCUT2D eigenvalue weighted by atomic mass is 16.4. The number of rotatable bonds is 4. The van der Waals surface area contributed by atoms with E-state index in [1.54, 1.807) is 30.3 Å². The average Bonchev–Trinajstić information content (AvgIpc) is 2.49. The summed E-state index contributed by atoms with van der Waals surface area (Å²) in [5.74, 6) is -1.64. The molecule has 3 N–H and O–H groups in total. The number of benzene rings is 2. The molecule has 2 aromatic carbocycles. The van der Waals surface area contributed by atoms with Crippen molar-refractivity contribution in [1.29, 1.82) is 0 Å². The largest absolute Gasteiger partial charge is 0.507 e. The number of carboxylic acid groups (broad SMARTS) is 1. The smallest absolute Gasteiger partial charge is 0.335 e. The van der Waals surface area contributed by atoms with Gasteiger partial charge in [0, 0.05) is 11.1 Å². The van der Waals surface area contributed by atoms with Crippen molar-refractivity contribution >= 4 is 18.1 Å². The molecule has 0 heterocycles. The molecule has 106 valence electrons. The summed E-state index contributed by atoms with van der Waals surface area (Å²) in [7, 11) is 0. The number of phenols is 1. The van der Waals surface area contributed by atoms with Gasteiger partial charge in [0.05, 0.1) is 11.8 Å². The minimum atomic E-state index is -1.11. The van der Waals surface area contributed by atoms with Crippen LogP contribution >= 0.6 is 0 Å². The molecule has 21 heavy (non-hydrogen) atoms. The van der Waals surface area contributed by atoms with Gasteiger partial charge in [-0.15, -0.1) is 0 Å². The fourth-order valence-electron chi connectivity index (χ4n) is 1.61. The SMILES string of the molecule is O=C(O)c1ccc(O)c(/C=N/NC(=O)c2ccccc2)c1. The molecule has 6 heteroatoms. The average molecular weight is 284 g/mol. The molecule has 0 aliphatic heterocycles. The third-order valence-corrected chi connectivity index (χ3v) is 2.68. The molecule has 2 aromatic rings. The Morgan fingerprint density at radius 3 is 2.43 bits per heavy atom. The molecule has 0 aliphatic rings. The Bertz CT molecular complexity index is 696. The molecule has 0 saturated heterocycles. The van der Waals surface area contributed by atoms with Crippen LogP contribution < -0.4 is 5.43 Å². The fraction of sp³-hybridized carbons (Fsp3) is 0. The predicted octanol–water partition coefficient (Wildman–Crippen LogP) is 1.85. The summed E-state index contributed by atoms with van der Waals surface area (Å²) in [5, 5.41) is 22.2. The van der Waals surface area contributed by atoms with Crippen LogP contribution in [-0.4, -0.2) is 28.3 Å². The predicted molar refractivity (Wildman–Crippen MR) is 76.6 cm³/mol. The third kappa shape index (κ3) is 3.66. The lowest BCUT2D eigenvalue weighted by Gasteiger charge is -2.01. The van der Waals surface area contributed by atoms with Gasteiger partial charge in [0.2, 0.25) is 0 Å². The quantitative estimate of drug-likeness (QED) is 0.589. The van der Waals surface area contributed by atoms with Crippen molar-refractivity contribution in [3.8, 4) is 5.75 Å². The molecular weight excluding hydrogens is 272 g/mol. The first-order valence-electron chi connectivity index (χ1n) is 6.02. The van der Waals surface area contributed by atoms with Gasteiger partial charge < -0.3 is 10.2 Å². The Balaban J connectivity index is 2.10. The first-order chi connectivity index (χ1) is 10.1. The van der Waals surface area contributed by atoms with Gasteiger partial charge >= 0.3 is 5.97 Å². The van der Waals surface area contributed by atoms with Gasteiger partial charge in [0.25, 0.3) is 5.91 Å². The van der Waals surface area contributed by atoms with E-state index in [2.05, 4.69) is 10.5 Å². The number of carbonyl (C=O) groups excluding carboxylic acids is 1. The molecule has 0 atom stereocenters. The summed E-state index contributed by atoms with van der Waals surface area (Å²) in [6.45, 7) is 0. The molecule has 0 bridgehead atoms. The van der Waals surface area contributed by atoms with Crippen LogP contribution in [0.15, 0.2) is 53.6 Å². The van der Waals surface area contributed by atoms with Crippen LogP contribution in [0.3, 0.4) is 0 Å². The summed E-state index contributed by atoms with van der Waals surface area (Å²) < 4.78 is 0. The zero-order valence-electron chi connectivity index (χ0n) is 10.9. The lowest BCUT2D eigenvalue weighted by atomic mass is 10.1. The number of amides is 1. The van der Waals surface area contributed by atoms with Crippen LogP contribution in [0.5, 0.6) is 5.75 Å². The maximum Gasteiger partial charge on any atom is 0.335 e. The first-order valence-corrected chi connectivity index (χ1v) is 6.02. The van der Waals surface area contributed by atoms with Gasteiger partial charge in [0.15, 0.2) is 0 Å². The van der Waals surface area contributed by atoms with E-state index in [9.17, 15) is 14.7 Å². The van der Waals surface area contributed by atoms with Gasteiger partial charge in [0.1, 0.15) is 5.75 Å².